The van der Waals surface area contributed by atoms with E-state index in [9.17, 15) is 4.79 Å². The molecule has 8 heteroatoms. The fraction of sp³-hybridized carbons (Fsp3) is 0.200. The fourth-order valence-electron chi connectivity index (χ4n) is 4.20. The summed E-state index contributed by atoms with van der Waals surface area (Å²) in [6, 6.07) is 15.5. The van der Waals surface area contributed by atoms with Crippen molar-refractivity contribution in [3.8, 4) is 11.3 Å². The zero-order chi connectivity index (χ0) is 22.9. The van der Waals surface area contributed by atoms with Gasteiger partial charge in [0.05, 0.1) is 11.4 Å². The Morgan fingerprint density at radius 2 is 1.91 bits per heavy atom. The van der Waals surface area contributed by atoms with Crippen LogP contribution in [0.1, 0.15) is 33.9 Å². The van der Waals surface area contributed by atoms with Crippen LogP contribution in [0.5, 0.6) is 0 Å². The highest BCUT2D eigenvalue weighted by atomic mass is 16.1. The van der Waals surface area contributed by atoms with Gasteiger partial charge in [0.15, 0.2) is 5.65 Å². The molecule has 0 spiro atoms. The van der Waals surface area contributed by atoms with Crippen LogP contribution < -0.4 is 16.8 Å². The number of hydrogen-bond donors (Lipinski definition) is 3. The molecular formula is C25H25N7O. The van der Waals surface area contributed by atoms with Gasteiger partial charge in [0.25, 0.3) is 5.91 Å². The lowest BCUT2D eigenvalue weighted by Gasteiger charge is -2.10. The molecule has 33 heavy (non-hydrogen) atoms. The van der Waals surface area contributed by atoms with Crippen LogP contribution in [0.3, 0.4) is 0 Å². The maximum absolute atomic E-state index is 12.5. The Labute approximate surface area is 191 Å². The molecule has 0 saturated heterocycles. The predicted molar refractivity (Wildman–Crippen MR) is 128 cm³/mol. The van der Waals surface area contributed by atoms with E-state index in [-0.39, 0.29) is 18.0 Å². The van der Waals surface area contributed by atoms with Crippen molar-refractivity contribution in [2.24, 2.45) is 5.73 Å². The molecule has 1 aliphatic rings. The lowest BCUT2D eigenvalue weighted by molar-refractivity contribution is 0.0950. The molecule has 0 fully saturated rings. The molecular weight excluding hydrogens is 414 g/mol. The summed E-state index contributed by atoms with van der Waals surface area (Å²) in [6.07, 6.45) is 6.26. The number of rotatable bonds is 5. The molecule has 0 unspecified atom stereocenters. The van der Waals surface area contributed by atoms with Gasteiger partial charge >= 0.3 is 0 Å². The minimum atomic E-state index is -0.0883. The minimum absolute atomic E-state index is 0.00560. The summed E-state index contributed by atoms with van der Waals surface area (Å²) in [6.45, 7) is 2.36. The quantitative estimate of drug-likeness (QED) is 0.410. The Hall–Kier alpha value is -4.04. The largest absolute Gasteiger partial charge is 0.383 e. The Morgan fingerprint density at radius 3 is 2.64 bits per heavy atom. The number of nitrogens with one attached hydrogen (secondary N) is 1. The Kier molecular flexibility index (Phi) is 5.35. The third-order valence-corrected chi connectivity index (χ3v) is 6.00. The highest BCUT2D eigenvalue weighted by Crippen LogP contribution is 2.34. The van der Waals surface area contributed by atoms with Crippen molar-refractivity contribution >= 4 is 22.8 Å². The van der Waals surface area contributed by atoms with Crippen molar-refractivity contribution in [2.45, 2.75) is 32.0 Å². The van der Waals surface area contributed by atoms with Crippen LogP contribution in [-0.2, 0) is 6.54 Å². The molecule has 2 aromatic heterocycles. The number of amides is 1. The van der Waals surface area contributed by atoms with E-state index in [2.05, 4.69) is 21.4 Å². The number of allylic oxidation sites excluding steroid dienone is 1. The average Bonchev–Trinajstić information content (AvgIpc) is 3.42. The molecule has 2 atom stereocenters. The summed E-state index contributed by atoms with van der Waals surface area (Å²) in [4.78, 5) is 21.1. The molecule has 1 aliphatic carbocycles. The van der Waals surface area contributed by atoms with Crippen LogP contribution in [0.2, 0.25) is 0 Å². The third-order valence-electron chi connectivity index (χ3n) is 6.00. The third kappa shape index (κ3) is 3.96. The Morgan fingerprint density at radius 1 is 1.12 bits per heavy atom. The second-order valence-corrected chi connectivity index (χ2v) is 8.30. The first-order valence-electron chi connectivity index (χ1n) is 10.9. The van der Waals surface area contributed by atoms with E-state index in [1.165, 1.54) is 6.33 Å². The van der Waals surface area contributed by atoms with Crippen LogP contribution >= 0.6 is 0 Å². The number of carbonyl (C=O) groups excluding carboxylic acids is 1. The molecule has 0 bridgehead atoms. The number of aromatic nitrogens is 4. The Balaban J connectivity index is 1.40. The molecule has 2 heterocycles. The van der Waals surface area contributed by atoms with Gasteiger partial charge in [0, 0.05) is 23.7 Å². The van der Waals surface area contributed by atoms with E-state index >= 15 is 0 Å². The smallest absolute Gasteiger partial charge is 0.251 e. The normalized spacial score (nSPS) is 17.5. The summed E-state index contributed by atoms with van der Waals surface area (Å²) in [5.74, 6) is 0.303. The van der Waals surface area contributed by atoms with Crippen LogP contribution in [0, 0.1) is 6.92 Å². The lowest BCUT2D eigenvalue weighted by Crippen LogP contribution is -2.23. The van der Waals surface area contributed by atoms with E-state index in [1.807, 2.05) is 66.2 Å². The molecule has 1 amide bonds. The van der Waals surface area contributed by atoms with Gasteiger partial charge in [-0.2, -0.15) is 5.10 Å². The number of anilines is 1. The number of nitrogens with two attached hydrogens (primary N) is 2. The van der Waals surface area contributed by atoms with E-state index in [1.54, 1.807) is 0 Å². The topological polar surface area (TPSA) is 125 Å². The van der Waals surface area contributed by atoms with Gasteiger partial charge in [0.1, 0.15) is 17.8 Å². The summed E-state index contributed by atoms with van der Waals surface area (Å²) in [7, 11) is 0. The van der Waals surface area contributed by atoms with Crippen molar-refractivity contribution in [1.82, 2.24) is 25.1 Å². The average molecular weight is 440 g/mol. The van der Waals surface area contributed by atoms with Gasteiger partial charge in [-0.05, 0) is 30.5 Å². The van der Waals surface area contributed by atoms with E-state index in [4.69, 9.17) is 16.6 Å². The number of hydrogen-bond acceptors (Lipinski definition) is 6. The maximum Gasteiger partial charge on any atom is 0.251 e. The first-order valence-corrected chi connectivity index (χ1v) is 10.9. The molecule has 8 nitrogen and oxygen atoms in total. The van der Waals surface area contributed by atoms with Crippen molar-refractivity contribution in [3.05, 3.63) is 83.7 Å². The first-order chi connectivity index (χ1) is 16.0. The molecule has 0 radical (unpaired) electrons. The van der Waals surface area contributed by atoms with Gasteiger partial charge in [-0.25, -0.2) is 14.6 Å². The zero-order valence-corrected chi connectivity index (χ0v) is 18.3. The molecule has 166 valence electrons. The van der Waals surface area contributed by atoms with Crippen molar-refractivity contribution in [3.63, 3.8) is 0 Å². The summed E-state index contributed by atoms with van der Waals surface area (Å²) in [5, 5.41) is 8.56. The number of nitrogens with zero attached hydrogens (tertiary/aromatic N) is 4. The Bertz CT molecular complexity index is 1360. The lowest BCUT2D eigenvalue weighted by atomic mass is 10.1. The summed E-state index contributed by atoms with van der Waals surface area (Å²) in [5.41, 5.74) is 17.2. The van der Waals surface area contributed by atoms with Gasteiger partial charge in [0.2, 0.25) is 0 Å². The molecule has 0 saturated carbocycles. The summed E-state index contributed by atoms with van der Waals surface area (Å²) < 4.78 is 1.88. The number of benzene rings is 2. The van der Waals surface area contributed by atoms with Crippen LogP contribution in [-0.4, -0.2) is 31.7 Å². The number of carbonyl (C=O) groups is 1. The SMILES string of the molecule is Cc1ccccc1C(=O)NCc1ccc(-c2nn([C@H]3C=C[C@H](N)C3)c3ncnc(N)c23)cc1. The van der Waals surface area contributed by atoms with Crippen molar-refractivity contribution in [1.29, 1.82) is 0 Å². The van der Waals surface area contributed by atoms with Gasteiger partial charge < -0.3 is 16.8 Å². The predicted octanol–water partition coefficient (Wildman–Crippen LogP) is 3.14. The van der Waals surface area contributed by atoms with Crippen molar-refractivity contribution in [2.75, 3.05) is 5.73 Å². The van der Waals surface area contributed by atoms with Crippen LogP contribution in [0.15, 0.2) is 67.0 Å². The van der Waals surface area contributed by atoms with E-state index in [0.29, 0.717) is 23.6 Å². The number of aryl methyl sites for hydroxylation is 1. The number of nitrogen functional groups attached to an aromatic ring is 1. The standard InChI is InChI=1S/C25H25N7O/c1-15-4-2-3-5-20(15)25(33)28-13-16-6-8-17(9-7-16)22-21-23(27)29-14-30-24(21)32(31-22)19-11-10-18(26)12-19/h2-11,14,18-19H,12-13,26H2,1H3,(H,28,33)(H2,27,29,30)/t18-,19-/m0/s1. The van der Waals surface area contributed by atoms with Crippen molar-refractivity contribution < 1.29 is 4.79 Å². The summed E-state index contributed by atoms with van der Waals surface area (Å²) >= 11 is 0. The molecule has 0 aliphatic heterocycles. The van der Waals surface area contributed by atoms with E-state index < -0.39 is 0 Å². The van der Waals surface area contributed by atoms with Crippen LogP contribution in [0.25, 0.3) is 22.3 Å². The molecule has 5 rings (SSSR count). The highest BCUT2D eigenvalue weighted by Gasteiger charge is 2.24. The second kappa shape index (κ2) is 8.48. The molecule has 2 aromatic carbocycles. The monoisotopic (exact) mass is 439 g/mol. The zero-order valence-electron chi connectivity index (χ0n) is 18.3. The maximum atomic E-state index is 12.5. The van der Waals surface area contributed by atoms with Gasteiger partial charge in [-0.1, -0.05) is 54.6 Å². The van der Waals surface area contributed by atoms with Gasteiger partial charge in [-0.3, -0.25) is 4.79 Å². The molecule has 5 N–H and O–H groups in total. The molecule has 4 aromatic rings. The fourth-order valence-corrected chi connectivity index (χ4v) is 4.20. The number of fused-ring (bicyclic) bond motifs is 1. The first kappa shape index (κ1) is 20.8. The second-order valence-electron chi connectivity index (χ2n) is 8.30. The van der Waals surface area contributed by atoms with Gasteiger partial charge in [-0.15, -0.1) is 0 Å². The highest BCUT2D eigenvalue weighted by molar-refractivity contribution is 5.98. The minimum Gasteiger partial charge on any atom is -0.383 e. The van der Waals surface area contributed by atoms with E-state index in [0.717, 1.165) is 34.2 Å². The van der Waals surface area contributed by atoms with Crippen LogP contribution in [0.4, 0.5) is 5.82 Å².